The van der Waals surface area contributed by atoms with Crippen LogP contribution in [0, 0.1) is 5.82 Å². The third-order valence-corrected chi connectivity index (χ3v) is 2.89. The standard InChI is InChI=1S/C13H17ClFNO3/c1-18-7-5-16(6-8-19-2)13(17)11-4-3-10(15)9-12(11)14/h3-4,9H,5-8H2,1-2H3. The summed E-state index contributed by atoms with van der Waals surface area (Å²) in [5.41, 5.74) is 0.273. The van der Waals surface area contributed by atoms with Gasteiger partial charge in [-0.15, -0.1) is 0 Å². The molecule has 19 heavy (non-hydrogen) atoms. The summed E-state index contributed by atoms with van der Waals surface area (Å²) in [4.78, 5) is 13.9. The molecule has 1 rings (SSSR count). The molecule has 106 valence electrons. The first-order valence-electron chi connectivity index (χ1n) is 5.82. The molecule has 1 aromatic carbocycles. The summed E-state index contributed by atoms with van der Waals surface area (Å²) >= 11 is 5.89. The summed E-state index contributed by atoms with van der Waals surface area (Å²) in [7, 11) is 3.12. The molecular weight excluding hydrogens is 273 g/mol. The number of carbonyl (C=O) groups is 1. The largest absolute Gasteiger partial charge is 0.383 e. The predicted molar refractivity (Wildman–Crippen MR) is 71.1 cm³/mol. The highest BCUT2D eigenvalue weighted by atomic mass is 35.5. The van der Waals surface area contributed by atoms with Crippen LogP contribution in [0.25, 0.3) is 0 Å². The molecule has 0 aromatic heterocycles. The molecule has 0 aliphatic carbocycles. The van der Waals surface area contributed by atoms with Gasteiger partial charge in [-0.1, -0.05) is 11.6 Å². The fourth-order valence-corrected chi connectivity index (χ4v) is 1.80. The van der Waals surface area contributed by atoms with E-state index in [0.29, 0.717) is 26.3 Å². The van der Waals surface area contributed by atoms with Crippen molar-refractivity contribution in [1.29, 1.82) is 0 Å². The number of amides is 1. The van der Waals surface area contributed by atoms with Crippen LogP contribution >= 0.6 is 11.6 Å². The monoisotopic (exact) mass is 289 g/mol. The highest BCUT2D eigenvalue weighted by Gasteiger charge is 2.18. The molecule has 0 unspecified atom stereocenters. The van der Waals surface area contributed by atoms with E-state index in [9.17, 15) is 9.18 Å². The van der Waals surface area contributed by atoms with Gasteiger partial charge < -0.3 is 14.4 Å². The van der Waals surface area contributed by atoms with E-state index in [-0.39, 0.29) is 16.5 Å². The van der Waals surface area contributed by atoms with Crippen molar-refractivity contribution in [3.63, 3.8) is 0 Å². The van der Waals surface area contributed by atoms with Gasteiger partial charge in [-0.3, -0.25) is 4.79 Å². The number of halogens is 2. The maximum absolute atomic E-state index is 13.0. The Balaban J connectivity index is 2.84. The molecule has 0 radical (unpaired) electrons. The molecular formula is C13H17ClFNO3. The summed E-state index contributed by atoms with van der Waals surface area (Å²) < 4.78 is 22.9. The number of benzene rings is 1. The second kappa shape index (κ2) is 8.09. The molecule has 0 heterocycles. The van der Waals surface area contributed by atoms with E-state index in [2.05, 4.69) is 0 Å². The number of nitrogens with zero attached hydrogens (tertiary/aromatic N) is 1. The number of hydrogen-bond acceptors (Lipinski definition) is 3. The molecule has 4 nitrogen and oxygen atoms in total. The van der Waals surface area contributed by atoms with Crippen molar-refractivity contribution >= 4 is 17.5 Å². The van der Waals surface area contributed by atoms with Crippen molar-refractivity contribution in [1.82, 2.24) is 4.90 Å². The summed E-state index contributed by atoms with van der Waals surface area (Å²) in [6, 6.07) is 3.72. The Bertz CT molecular complexity index is 420. The lowest BCUT2D eigenvalue weighted by atomic mass is 10.2. The lowest BCUT2D eigenvalue weighted by Crippen LogP contribution is -2.36. The number of ether oxygens (including phenoxy) is 2. The molecule has 6 heteroatoms. The van der Waals surface area contributed by atoms with Gasteiger partial charge >= 0.3 is 0 Å². The highest BCUT2D eigenvalue weighted by Crippen LogP contribution is 2.19. The van der Waals surface area contributed by atoms with Crippen molar-refractivity contribution in [2.45, 2.75) is 0 Å². The third-order valence-electron chi connectivity index (χ3n) is 2.58. The van der Waals surface area contributed by atoms with Crippen LogP contribution in [0.4, 0.5) is 4.39 Å². The third kappa shape index (κ3) is 4.78. The molecule has 0 aliphatic heterocycles. The van der Waals surface area contributed by atoms with Crippen molar-refractivity contribution in [3.05, 3.63) is 34.6 Å². The fraction of sp³-hybridized carbons (Fsp3) is 0.462. The second-order valence-electron chi connectivity index (χ2n) is 3.90. The van der Waals surface area contributed by atoms with Crippen LogP contribution < -0.4 is 0 Å². The zero-order chi connectivity index (χ0) is 14.3. The normalized spacial score (nSPS) is 10.5. The van der Waals surface area contributed by atoms with E-state index in [0.717, 1.165) is 6.07 Å². The minimum Gasteiger partial charge on any atom is -0.383 e. The maximum atomic E-state index is 13.0. The maximum Gasteiger partial charge on any atom is 0.255 e. The van der Waals surface area contributed by atoms with Crippen LogP contribution in [0.15, 0.2) is 18.2 Å². The van der Waals surface area contributed by atoms with E-state index in [1.807, 2.05) is 0 Å². The molecule has 0 saturated heterocycles. The van der Waals surface area contributed by atoms with Gasteiger partial charge in [-0.05, 0) is 18.2 Å². The van der Waals surface area contributed by atoms with Crippen LogP contribution in [0.3, 0.4) is 0 Å². The first-order valence-corrected chi connectivity index (χ1v) is 6.20. The summed E-state index contributed by atoms with van der Waals surface area (Å²) in [5.74, 6) is -0.735. The Morgan fingerprint density at radius 1 is 1.26 bits per heavy atom. The van der Waals surface area contributed by atoms with Gasteiger partial charge in [0.25, 0.3) is 5.91 Å². The van der Waals surface area contributed by atoms with E-state index in [1.54, 1.807) is 19.1 Å². The van der Waals surface area contributed by atoms with E-state index >= 15 is 0 Å². The lowest BCUT2D eigenvalue weighted by Gasteiger charge is -2.22. The number of carbonyl (C=O) groups excluding carboxylic acids is 1. The first-order chi connectivity index (χ1) is 9.10. The molecule has 0 fully saturated rings. The summed E-state index contributed by atoms with van der Waals surface area (Å²) in [5, 5.41) is 0.102. The van der Waals surface area contributed by atoms with Crippen LogP contribution in [0.1, 0.15) is 10.4 Å². The first kappa shape index (κ1) is 15.9. The van der Waals surface area contributed by atoms with Gasteiger partial charge in [0.2, 0.25) is 0 Å². The molecule has 1 amide bonds. The van der Waals surface area contributed by atoms with Crippen molar-refractivity contribution in [2.24, 2.45) is 0 Å². The number of rotatable bonds is 7. The van der Waals surface area contributed by atoms with Gasteiger partial charge in [-0.2, -0.15) is 0 Å². The van der Waals surface area contributed by atoms with E-state index < -0.39 is 5.82 Å². The number of hydrogen-bond donors (Lipinski definition) is 0. The summed E-state index contributed by atoms with van der Waals surface area (Å²) in [6.45, 7) is 1.67. The quantitative estimate of drug-likeness (QED) is 0.772. The van der Waals surface area contributed by atoms with E-state index in [4.69, 9.17) is 21.1 Å². The van der Waals surface area contributed by atoms with Crippen LogP contribution in [-0.2, 0) is 9.47 Å². The lowest BCUT2D eigenvalue weighted by molar-refractivity contribution is 0.0627. The Kier molecular flexibility index (Phi) is 6.77. The minimum absolute atomic E-state index is 0.102. The van der Waals surface area contributed by atoms with Gasteiger partial charge in [0.15, 0.2) is 0 Å². The SMILES string of the molecule is COCCN(CCOC)C(=O)c1ccc(F)cc1Cl. The van der Waals surface area contributed by atoms with Crippen LogP contribution in [0.5, 0.6) is 0 Å². The average Bonchev–Trinajstić information content (AvgIpc) is 2.38. The Morgan fingerprint density at radius 2 is 1.84 bits per heavy atom. The van der Waals surface area contributed by atoms with Crippen molar-refractivity contribution < 1.29 is 18.7 Å². The second-order valence-corrected chi connectivity index (χ2v) is 4.31. The minimum atomic E-state index is -0.470. The molecule has 0 bridgehead atoms. The van der Waals surface area contributed by atoms with Crippen molar-refractivity contribution in [2.75, 3.05) is 40.5 Å². The van der Waals surface area contributed by atoms with Gasteiger partial charge in [0.1, 0.15) is 5.82 Å². The molecule has 0 aliphatic rings. The Morgan fingerprint density at radius 3 is 2.32 bits per heavy atom. The van der Waals surface area contributed by atoms with Gasteiger partial charge in [0.05, 0.1) is 23.8 Å². The topological polar surface area (TPSA) is 38.8 Å². The van der Waals surface area contributed by atoms with Crippen LogP contribution in [0.2, 0.25) is 5.02 Å². The highest BCUT2D eigenvalue weighted by molar-refractivity contribution is 6.33. The fourth-order valence-electron chi connectivity index (χ4n) is 1.55. The van der Waals surface area contributed by atoms with Gasteiger partial charge in [0, 0.05) is 27.3 Å². The average molecular weight is 290 g/mol. The summed E-state index contributed by atoms with van der Waals surface area (Å²) in [6.07, 6.45) is 0. The Labute approximate surface area is 117 Å². The molecule has 0 saturated carbocycles. The zero-order valence-corrected chi connectivity index (χ0v) is 11.7. The molecule has 1 aromatic rings. The number of methoxy groups -OCH3 is 2. The molecule has 0 N–H and O–H groups in total. The van der Waals surface area contributed by atoms with Crippen molar-refractivity contribution in [3.8, 4) is 0 Å². The van der Waals surface area contributed by atoms with Gasteiger partial charge in [-0.25, -0.2) is 4.39 Å². The smallest absolute Gasteiger partial charge is 0.255 e. The molecule has 0 spiro atoms. The Hall–Kier alpha value is -1.17. The zero-order valence-electron chi connectivity index (χ0n) is 11.0. The van der Waals surface area contributed by atoms with E-state index in [1.165, 1.54) is 12.1 Å². The molecule has 0 atom stereocenters. The van der Waals surface area contributed by atoms with Crippen LogP contribution in [-0.4, -0.2) is 51.3 Å². The predicted octanol–water partition coefficient (Wildman–Crippen LogP) is 2.21.